The average Bonchev–Trinajstić information content (AvgIpc) is 2.29. The lowest BCUT2D eigenvalue weighted by atomic mass is 9.91. The SMILES string of the molecule is CC(CN(C)S(=O)(=O)CC1CCCCC1)C(=N)N. The van der Waals surface area contributed by atoms with Gasteiger partial charge >= 0.3 is 0 Å². The standard InChI is InChI=1S/C12H25N3O2S/c1-10(12(13)14)8-15(2)18(16,17)9-11-6-4-3-5-7-11/h10-11H,3-9H2,1-2H3,(H3,13,14). The smallest absolute Gasteiger partial charge is 0.214 e. The monoisotopic (exact) mass is 275 g/mol. The van der Waals surface area contributed by atoms with Crippen LogP contribution in [-0.2, 0) is 10.0 Å². The molecule has 0 heterocycles. The maximum Gasteiger partial charge on any atom is 0.214 e. The number of sulfonamides is 1. The third-order valence-electron chi connectivity index (χ3n) is 3.71. The molecule has 1 aliphatic rings. The second-order valence-electron chi connectivity index (χ2n) is 5.42. The van der Waals surface area contributed by atoms with Crippen molar-refractivity contribution in [3.8, 4) is 0 Å². The van der Waals surface area contributed by atoms with Gasteiger partial charge in [-0.25, -0.2) is 12.7 Å². The highest BCUT2D eigenvalue weighted by Crippen LogP contribution is 2.25. The molecule has 0 saturated heterocycles. The fraction of sp³-hybridized carbons (Fsp3) is 0.917. The lowest BCUT2D eigenvalue weighted by Crippen LogP contribution is -2.38. The number of amidine groups is 1. The van der Waals surface area contributed by atoms with E-state index in [-0.39, 0.29) is 17.5 Å². The average molecular weight is 275 g/mol. The van der Waals surface area contributed by atoms with Gasteiger partial charge in [0.25, 0.3) is 0 Å². The van der Waals surface area contributed by atoms with Crippen LogP contribution in [0, 0.1) is 17.2 Å². The molecular formula is C12H25N3O2S. The predicted octanol–water partition coefficient (Wildman–Crippen LogP) is 1.40. The molecule has 0 spiro atoms. The van der Waals surface area contributed by atoms with E-state index in [0.717, 1.165) is 25.7 Å². The Morgan fingerprint density at radius 1 is 1.39 bits per heavy atom. The van der Waals surface area contributed by atoms with Crippen molar-refractivity contribution >= 4 is 15.9 Å². The highest BCUT2D eigenvalue weighted by Gasteiger charge is 2.26. The Morgan fingerprint density at radius 3 is 2.44 bits per heavy atom. The van der Waals surface area contributed by atoms with Crippen LogP contribution in [-0.4, -0.2) is 37.9 Å². The van der Waals surface area contributed by atoms with Crippen LogP contribution < -0.4 is 5.73 Å². The first-order valence-corrected chi connectivity index (χ1v) is 8.21. The van der Waals surface area contributed by atoms with E-state index in [9.17, 15) is 8.42 Å². The Hall–Kier alpha value is -0.620. The van der Waals surface area contributed by atoms with Crippen molar-refractivity contribution in [1.29, 1.82) is 5.41 Å². The summed E-state index contributed by atoms with van der Waals surface area (Å²) in [4.78, 5) is 0. The highest BCUT2D eigenvalue weighted by atomic mass is 32.2. The first-order chi connectivity index (χ1) is 8.33. The molecule has 1 unspecified atom stereocenters. The van der Waals surface area contributed by atoms with E-state index >= 15 is 0 Å². The van der Waals surface area contributed by atoms with Crippen molar-refractivity contribution in [3.63, 3.8) is 0 Å². The van der Waals surface area contributed by atoms with Crippen LogP contribution in [0.15, 0.2) is 0 Å². The molecule has 1 rings (SSSR count). The molecule has 1 aliphatic carbocycles. The number of nitrogens with zero attached hydrogens (tertiary/aromatic N) is 1. The first-order valence-electron chi connectivity index (χ1n) is 6.61. The van der Waals surface area contributed by atoms with E-state index in [0.29, 0.717) is 12.5 Å². The molecule has 0 aliphatic heterocycles. The van der Waals surface area contributed by atoms with Gasteiger partial charge in [-0.1, -0.05) is 26.2 Å². The van der Waals surface area contributed by atoms with Crippen molar-refractivity contribution in [3.05, 3.63) is 0 Å². The number of hydrogen-bond acceptors (Lipinski definition) is 3. The summed E-state index contributed by atoms with van der Waals surface area (Å²) in [5.41, 5.74) is 5.37. The second-order valence-corrected chi connectivity index (χ2v) is 7.54. The van der Waals surface area contributed by atoms with Crippen LogP contribution in [0.4, 0.5) is 0 Å². The zero-order valence-electron chi connectivity index (χ0n) is 11.4. The van der Waals surface area contributed by atoms with E-state index in [2.05, 4.69) is 0 Å². The zero-order chi connectivity index (χ0) is 13.8. The highest BCUT2D eigenvalue weighted by molar-refractivity contribution is 7.89. The largest absolute Gasteiger partial charge is 0.387 e. The minimum atomic E-state index is -3.21. The van der Waals surface area contributed by atoms with E-state index in [4.69, 9.17) is 11.1 Å². The Balaban J connectivity index is 2.53. The van der Waals surface area contributed by atoms with Crippen LogP contribution in [0.3, 0.4) is 0 Å². The molecule has 0 aromatic heterocycles. The lowest BCUT2D eigenvalue weighted by Gasteiger charge is -2.25. The Kier molecular flexibility index (Phi) is 5.59. The van der Waals surface area contributed by atoms with Crippen molar-refractivity contribution in [2.24, 2.45) is 17.6 Å². The van der Waals surface area contributed by atoms with E-state index in [1.165, 1.54) is 10.7 Å². The summed E-state index contributed by atoms with van der Waals surface area (Å²) in [6, 6.07) is 0. The molecule has 1 saturated carbocycles. The van der Waals surface area contributed by atoms with Gasteiger partial charge in [0.15, 0.2) is 0 Å². The topological polar surface area (TPSA) is 87.2 Å². The van der Waals surface area contributed by atoms with Gasteiger partial charge in [0.05, 0.1) is 11.6 Å². The number of hydrogen-bond donors (Lipinski definition) is 2. The number of rotatable bonds is 6. The molecule has 5 nitrogen and oxygen atoms in total. The molecule has 0 radical (unpaired) electrons. The van der Waals surface area contributed by atoms with Gasteiger partial charge in [-0.3, -0.25) is 5.41 Å². The third-order valence-corrected chi connectivity index (χ3v) is 5.70. The molecule has 1 atom stereocenters. The zero-order valence-corrected chi connectivity index (χ0v) is 12.2. The minimum absolute atomic E-state index is 0.0368. The van der Waals surface area contributed by atoms with Crippen LogP contribution in [0.1, 0.15) is 39.0 Å². The van der Waals surface area contributed by atoms with Crippen LogP contribution in [0.5, 0.6) is 0 Å². The molecule has 6 heteroatoms. The Morgan fingerprint density at radius 2 is 1.94 bits per heavy atom. The summed E-state index contributed by atoms with van der Waals surface area (Å²) in [5, 5.41) is 7.31. The fourth-order valence-electron chi connectivity index (χ4n) is 2.38. The molecule has 18 heavy (non-hydrogen) atoms. The van der Waals surface area contributed by atoms with Gasteiger partial charge in [0, 0.05) is 19.5 Å². The van der Waals surface area contributed by atoms with E-state index < -0.39 is 10.0 Å². The molecule has 0 aromatic rings. The van der Waals surface area contributed by atoms with Gasteiger partial charge in [-0.05, 0) is 18.8 Å². The van der Waals surface area contributed by atoms with Crippen molar-refractivity contribution in [2.75, 3.05) is 19.3 Å². The maximum atomic E-state index is 12.2. The number of nitrogens with two attached hydrogens (primary N) is 1. The van der Waals surface area contributed by atoms with E-state index in [1.54, 1.807) is 14.0 Å². The third kappa shape index (κ3) is 4.57. The van der Waals surface area contributed by atoms with Crippen LogP contribution in [0.25, 0.3) is 0 Å². The van der Waals surface area contributed by atoms with Gasteiger partial charge in [-0.15, -0.1) is 0 Å². The van der Waals surface area contributed by atoms with Crippen molar-refractivity contribution in [1.82, 2.24) is 4.31 Å². The normalized spacial score (nSPS) is 19.9. The van der Waals surface area contributed by atoms with Gasteiger partial charge in [-0.2, -0.15) is 0 Å². The molecule has 106 valence electrons. The fourth-order valence-corrected chi connectivity index (χ4v) is 4.01. The molecule has 3 N–H and O–H groups in total. The first kappa shape index (κ1) is 15.4. The number of nitrogens with one attached hydrogen (secondary N) is 1. The van der Waals surface area contributed by atoms with Crippen molar-refractivity contribution in [2.45, 2.75) is 39.0 Å². The maximum absolute atomic E-state index is 12.2. The lowest BCUT2D eigenvalue weighted by molar-refractivity contribution is 0.372. The predicted molar refractivity (Wildman–Crippen MR) is 74.1 cm³/mol. The van der Waals surface area contributed by atoms with Crippen molar-refractivity contribution < 1.29 is 8.42 Å². The summed E-state index contributed by atoms with van der Waals surface area (Å²) in [6.45, 7) is 2.07. The summed E-state index contributed by atoms with van der Waals surface area (Å²) in [5.74, 6) is 0.360. The summed E-state index contributed by atoms with van der Waals surface area (Å²) < 4.78 is 25.7. The Bertz CT molecular complexity index is 375. The molecular weight excluding hydrogens is 250 g/mol. The van der Waals surface area contributed by atoms with Gasteiger partial charge in [0.2, 0.25) is 10.0 Å². The van der Waals surface area contributed by atoms with Gasteiger partial charge < -0.3 is 5.73 Å². The Labute approximate surface area is 110 Å². The molecule has 0 amide bonds. The molecule has 0 aromatic carbocycles. The van der Waals surface area contributed by atoms with Crippen LogP contribution in [0.2, 0.25) is 0 Å². The quantitative estimate of drug-likeness (QED) is 0.567. The molecule has 0 bridgehead atoms. The second kappa shape index (κ2) is 6.52. The van der Waals surface area contributed by atoms with E-state index in [1.807, 2.05) is 0 Å². The minimum Gasteiger partial charge on any atom is -0.387 e. The summed E-state index contributed by atoms with van der Waals surface area (Å²) >= 11 is 0. The molecule has 1 fully saturated rings. The summed E-state index contributed by atoms with van der Waals surface area (Å²) in [7, 11) is -1.63. The summed E-state index contributed by atoms with van der Waals surface area (Å²) in [6.07, 6.45) is 5.57. The van der Waals surface area contributed by atoms with Gasteiger partial charge in [0.1, 0.15) is 0 Å². The van der Waals surface area contributed by atoms with Crippen LogP contribution >= 0.6 is 0 Å².